The first-order chi connectivity index (χ1) is 10.5. The Morgan fingerprint density at radius 2 is 1.95 bits per heavy atom. The van der Waals surface area contributed by atoms with Crippen LogP contribution in [0.15, 0.2) is 28.9 Å². The number of fused-ring (bicyclic) bond motifs is 1. The van der Waals surface area contributed by atoms with Crippen LogP contribution in [0.2, 0.25) is 0 Å². The Hall–Kier alpha value is -1.16. The van der Waals surface area contributed by atoms with Crippen LogP contribution in [-0.4, -0.2) is 62.7 Å². The average molecular weight is 374 g/mol. The molecule has 1 aliphatic rings. The Kier molecular flexibility index (Phi) is 4.40. The Morgan fingerprint density at radius 1 is 1.18 bits per heavy atom. The number of H-pyrrole nitrogens is 1. The molecule has 22 heavy (non-hydrogen) atoms. The van der Waals surface area contributed by atoms with E-state index in [1.807, 2.05) is 18.2 Å². The molecule has 7 nitrogen and oxygen atoms in total. The molecule has 2 heterocycles. The fourth-order valence-electron chi connectivity index (χ4n) is 2.45. The molecule has 1 unspecified atom stereocenters. The summed E-state index contributed by atoms with van der Waals surface area (Å²) in [6.07, 6.45) is -4.90. The minimum absolute atomic E-state index is 0.431. The molecule has 5 atom stereocenters. The summed E-state index contributed by atoms with van der Waals surface area (Å²) >= 11 is 3.37. The van der Waals surface area contributed by atoms with E-state index >= 15 is 0 Å². The van der Waals surface area contributed by atoms with Gasteiger partial charge in [-0.2, -0.15) is 0 Å². The molecule has 1 aromatic heterocycles. The van der Waals surface area contributed by atoms with Crippen molar-refractivity contribution in [1.82, 2.24) is 4.98 Å². The van der Waals surface area contributed by atoms with Crippen LogP contribution in [0.3, 0.4) is 0 Å². The van der Waals surface area contributed by atoms with Crippen LogP contribution in [0.1, 0.15) is 0 Å². The molecule has 0 amide bonds. The molecule has 0 aliphatic carbocycles. The molecule has 120 valence electrons. The standard InChI is InChI=1S/C14H16BrNO6/c15-6-1-2-8-7(3-6)9(4-16-8)21-14-13(20)12(19)11(18)10(5-17)22-14/h1-4,10-14,16-20H,5H2/t10-,11-,12+,13+,14?/m1/s1. The van der Waals surface area contributed by atoms with Crippen molar-refractivity contribution >= 4 is 26.8 Å². The number of aliphatic hydroxyl groups is 4. The number of hydrogen-bond acceptors (Lipinski definition) is 6. The van der Waals surface area contributed by atoms with Crippen LogP contribution in [0, 0.1) is 0 Å². The summed E-state index contributed by atoms with van der Waals surface area (Å²) in [6.45, 7) is -0.496. The van der Waals surface area contributed by atoms with Gasteiger partial charge in [-0.3, -0.25) is 0 Å². The molecule has 8 heteroatoms. The Bertz CT molecular complexity index is 660. The van der Waals surface area contributed by atoms with Crippen molar-refractivity contribution in [2.24, 2.45) is 0 Å². The third kappa shape index (κ3) is 2.73. The van der Waals surface area contributed by atoms with E-state index in [1.165, 1.54) is 0 Å². The second kappa shape index (κ2) is 6.15. The first-order valence-electron chi connectivity index (χ1n) is 6.75. The normalized spacial score (nSPS) is 32.3. The molecule has 2 aromatic rings. The number of rotatable bonds is 3. The highest BCUT2D eigenvalue weighted by atomic mass is 79.9. The van der Waals surface area contributed by atoms with Gasteiger partial charge in [0.15, 0.2) is 0 Å². The predicted octanol–water partition coefficient (Wildman–Crippen LogP) is 0.109. The van der Waals surface area contributed by atoms with Gasteiger partial charge in [0, 0.05) is 21.6 Å². The Balaban J connectivity index is 1.85. The highest BCUT2D eigenvalue weighted by molar-refractivity contribution is 9.10. The maximum atomic E-state index is 9.99. The van der Waals surface area contributed by atoms with Gasteiger partial charge in [-0.25, -0.2) is 0 Å². The quantitative estimate of drug-likeness (QED) is 0.521. The minimum Gasteiger partial charge on any atom is -0.460 e. The van der Waals surface area contributed by atoms with Gasteiger partial charge in [-0.1, -0.05) is 15.9 Å². The van der Waals surface area contributed by atoms with E-state index in [1.54, 1.807) is 6.20 Å². The molecule has 1 fully saturated rings. The molecule has 1 aliphatic heterocycles. The maximum Gasteiger partial charge on any atom is 0.229 e. The number of hydrogen-bond donors (Lipinski definition) is 5. The number of ether oxygens (including phenoxy) is 2. The lowest BCUT2D eigenvalue weighted by Crippen LogP contribution is -2.60. The van der Waals surface area contributed by atoms with Crippen LogP contribution in [-0.2, 0) is 4.74 Å². The molecule has 0 spiro atoms. The van der Waals surface area contributed by atoms with Gasteiger partial charge in [0.2, 0.25) is 6.29 Å². The summed E-state index contributed by atoms with van der Waals surface area (Å²) in [5.74, 6) is 0.431. The predicted molar refractivity (Wildman–Crippen MR) is 80.4 cm³/mol. The monoisotopic (exact) mass is 373 g/mol. The highest BCUT2D eigenvalue weighted by Gasteiger charge is 2.44. The molecule has 5 N–H and O–H groups in total. The topological polar surface area (TPSA) is 115 Å². The van der Waals surface area contributed by atoms with Gasteiger partial charge in [-0.05, 0) is 18.2 Å². The fraction of sp³-hybridized carbons (Fsp3) is 0.429. The van der Waals surface area contributed by atoms with E-state index in [0.29, 0.717) is 5.75 Å². The average Bonchev–Trinajstić information content (AvgIpc) is 2.90. The van der Waals surface area contributed by atoms with Gasteiger partial charge < -0.3 is 34.9 Å². The van der Waals surface area contributed by atoms with Crippen molar-refractivity contribution in [3.8, 4) is 5.75 Å². The largest absolute Gasteiger partial charge is 0.460 e. The van der Waals surface area contributed by atoms with E-state index in [-0.39, 0.29) is 0 Å². The second-order valence-corrected chi connectivity index (χ2v) is 6.07. The van der Waals surface area contributed by atoms with Crippen LogP contribution in [0.4, 0.5) is 0 Å². The lowest BCUT2D eigenvalue weighted by Gasteiger charge is -2.39. The van der Waals surface area contributed by atoms with Crippen LogP contribution in [0.5, 0.6) is 5.75 Å². The molecule has 0 bridgehead atoms. The van der Waals surface area contributed by atoms with Crippen molar-refractivity contribution in [1.29, 1.82) is 0 Å². The van der Waals surface area contributed by atoms with E-state index < -0.39 is 37.3 Å². The van der Waals surface area contributed by atoms with Gasteiger partial charge in [-0.15, -0.1) is 0 Å². The molecule has 0 radical (unpaired) electrons. The van der Waals surface area contributed by atoms with Gasteiger partial charge in [0.1, 0.15) is 30.2 Å². The zero-order valence-corrected chi connectivity index (χ0v) is 13.0. The van der Waals surface area contributed by atoms with Crippen molar-refractivity contribution in [2.45, 2.75) is 30.7 Å². The van der Waals surface area contributed by atoms with Crippen LogP contribution in [0.25, 0.3) is 10.9 Å². The molecule has 1 aromatic carbocycles. The first kappa shape index (κ1) is 15.7. The Labute approximate surface area is 134 Å². The first-order valence-corrected chi connectivity index (χ1v) is 7.54. The summed E-state index contributed by atoms with van der Waals surface area (Å²) in [6, 6.07) is 5.57. The Morgan fingerprint density at radius 3 is 2.68 bits per heavy atom. The fourth-order valence-corrected chi connectivity index (χ4v) is 2.82. The molecule has 1 saturated heterocycles. The highest BCUT2D eigenvalue weighted by Crippen LogP contribution is 2.31. The zero-order chi connectivity index (χ0) is 15.9. The van der Waals surface area contributed by atoms with Crippen molar-refractivity contribution in [2.75, 3.05) is 6.61 Å². The van der Waals surface area contributed by atoms with E-state index in [9.17, 15) is 20.4 Å². The summed E-state index contributed by atoms with van der Waals surface area (Å²) < 4.78 is 11.8. The van der Waals surface area contributed by atoms with Crippen molar-refractivity contribution < 1.29 is 29.9 Å². The number of aromatic amines is 1. The lowest BCUT2D eigenvalue weighted by atomic mass is 9.99. The minimum atomic E-state index is -1.46. The van der Waals surface area contributed by atoms with E-state index in [2.05, 4.69) is 20.9 Å². The summed E-state index contributed by atoms with van der Waals surface area (Å²) in [5, 5.41) is 39.4. The SMILES string of the molecule is OC[C@H]1OC(Oc2c[nH]c3ccc(Br)cc23)[C@@H](O)[C@@H](O)[C@@H]1O. The summed E-state index contributed by atoms with van der Waals surface area (Å²) in [4.78, 5) is 3.02. The van der Waals surface area contributed by atoms with Crippen molar-refractivity contribution in [3.05, 3.63) is 28.9 Å². The smallest absolute Gasteiger partial charge is 0.229 e. The van der Waals surface area contributed by atoms with E-state index in [4.69, 9.17) is 9.47 Å². The molecular formula is C14H16BrNO6. The number of aromatic nitrogens is 1. The molecule has 0 saturated carbocycles. The van der Waals surface area contributed by atoms with Crippen molar-refractivity contribution in [3.63, 3.8) is 0 Å². The number of benzene rings is 1. The number of aliphatic hydroxyl groups excluding tert-OH is 4. The summed E-state index contributed by atoms with van der Waals surface area (Å²) in [7, 11) is 0. The van der Waals surface area contributed by atoms with Gasteiger partial charge in [0.25, 0.3) is 0 Å². The van der Waals surface area contributed by atoms with E-state index in [0.717, 1.165) is 15.4 Å². The summed E-state index contributed by atoms with van der Waals surface area (Å²) in [5.41, 5.74) is 0.836. The third-order valence-corrected chi connectivity index (χ3v) is 4.19. The van der Waals surface area contributed by atoms with Crippen LogP contribution < -0.4 is 4.74 Å². The van der Waals surface area contributed by atoms with Gasteiger partial charge in [0.05, 0.1) is 6.61 Å². The zero-order valence-electron chi connectivity index (χ0n) is 11.4. The third-order valence-electron chi connectivity index (χ3n) is 3.70. The maximum absolute atomic E-state index is 9.99. The lowest BCUT2D eigenvalue weighted by molar-refractivity contribution is -0.277. The molecular weight excluding hydrogens is 358 g/mol. The number of halogens is 1. The van der Waals surface area contributed by atoms with Crippen LogP contribution >= 0.6 is 15.9 Å². The molecule has 3 rings (SSSR count). The van der Waals surface area contributed by atoms with Gasteiger partial charge >= 0.3 is 0 Å². The number of nitrogens with one attached hydrogen (secondary N) is 1. The second-order valence-electron chi connectivity index (χ2n) is 5.16.